The Balaban J connectivity index is 1.80. The summed E-state index contributed by atoms with van der Waals surface area (Å²) in [7, 11) is 0. The van der Waals surface area contributed by atoms with Crippen molar-refractivity contribution in [2.75, 3.05) is 26.3 Å². The Morgan fingerprint density at radius 1 is 1.21 bits per heavy atom. The van der Waals surface area contributed by atoms with E-state index in [2.05, 4.69) is 0 Å². The first-order valence-corrected chi connectivity index (χ1v) is 6.88. The molecule has 0 N–H and O–H groups in total. The lowest BCUT2D eigenvalue weighted by molar-refractivity contribution is -0.137. The summed E-state index contributed by atoms with van der Waals surface area (Å²) in [6.07, 6.45) is 2.19. The first-order chi connectivity index (χ1) is 9.25. The van der Waals surface area contributed by atoms with Crippen molar-refractivity contribution in [1.29, 1.82) is 0 Å². The van der Waals surface area contributed by atoms with E-state index in [9.17, 15) is 9.18 Å². The predicted octanol–water partition coefficient (Wildman–Crippen LogP) is 2.18. The van der Waals surface area contributed by atoms with Gasteiger partial charge in [0.05, 0.1) is 19.1 Å². The van der Waals surface area contributed by atoms with Gasteiger partial charge >= 0.3 is 0 Å². The largest absolute Gasteiger partial charge is 0.378 e. The van der Waals surface area contributed by atoms with E-state index >= 15 is 0 Å². The highest BCUT2D eigenvalue weighted by atomic mass is 19.1. The van der Waals surface area contributed by atoms with Crippen molar-refractivity contribution in [1.82, 2.24) is 4.90 Å². The smallest absolute Gasteiger partial charge is 0.230 e. The van der Waals surface area contributed by atoms with Gasteiger partial charge in [-0.15, -0.1) is 0 Å². The zero-order valence-electron chi connectivity index (χ0n) is 10.8. The van der Waals surface area contributed by atoms with E-state index in [1.165, 1.54) is 12.1 Å². The average Bonchev–Trinajstić information content (AvgIpc) is 3.27. The van der Waals surface area contributed by atoms with Crippen LogP contribution in [0.2, 0.25) is 0 Å². The minimum atomic E-state index is -0.253. The number of halogens is 1. The molecule has 3 rings (SSSR count). The fraction of sp³-hybridized carbons (Fsp3) is 0.533. The number of rotatable bonds is 3. The summed E-state index contributed by atoms with van der Waals surface area (Å²) in [6, 6.07) is 6.38. The van der Waals surface area contributed by atoms with Crippen LogP contribution in [0.15, 0.2) is 24.3 Å². The maximum Gasteiger partial charge on any atom is 0.230 e. The molecule has 19 heavy (non-hydrogen) atoms. The number of hydrogen-bond donors (Lipinski definition) is 0. The minimum Gasteiger partial charge on any atom is -0.378 e. The Hall–Kier alpha value is -1.42. The van der Waals surface area contributed by atoms with Crippen LogP contribution < -0.4 is 0 Å². The fourth-order valence-electron chi connectivity index (χ4n) is 2.70. The number of morpholine rings is 1. The summed E-state index contributed by atoms with van der Waals surface area (Å²) in [5, 5.41) is 0. The van der Waals surface area contributed by atoms with Gasteiger partial charge < -0.3 is 9.64 Å². The first-order valence-electron chi connectivity index (χ1n) is 6.88. The van der Waals surface area contributed by atoms with Crippen LogP contribution in [0.5, 0.6) is 0 Å². The Morgan fingerprint density at radius 2 is 1.84 bits per heavy atom. The van der Waals surface area contributed by atoms with Crippen molar-refractivity contribution in [3.63, 3.8) is 0 Å². The van der Waals surface area contributed by atoms with E-state index in [0.29, 0.717) is 32.2 Å². The zero-order valence-corrected chi connectivity index (χ0v) is 10.8. The van der Waals surface area contributed by atoms with Crippen LogP contribution in [0, 0.1) is 11.7 Å². The highest BCUT2D eigenvalue weighted by molar-refractivity contribution is 5.84. The minimum absolute atomic E-state index is 0.0984. The lowest BCUT2D eigenvalue weighted by Gasteiger charge is -2.30. The Labute approximate surface area is 112 Å². The van der Waals surface area contributed by atoms with Gasteiger partial charge in [-0.2, -0.15) is 0 Å². The van der Waals surface area contributed by atoms with Crippen LogP contribution in [0.3, 0.4) is 0 Å². The summed E-state index contributed by atoms with van der Waals surface area (Å²) < 4.78 is 18.3. The standard InChI is InChI=1S/C15H18FNO2/c16-13-5-3-12(4-6-13)14(11-1-2-11)15(18)17-7-9-19-10-8-17/h3-6,11,14H,1-2,7-10H2. The van der Waals surface area contributed by atoms with Gasteiger partial charge in [0.1, 0.15) is 5.82 Å². The average molecular weight is 263 g/mol. The molecule has 3 nitrogen and oxygen atoms in total. The molecule has 1 aromatic rings. The second-order valence-electron chi connectivity index (χ2n) is 5.30. The third kappa shape index (κ3) is 2.78. The lowest BCUT2D eigenvalue weighted by atomic mass is 9.92. The Bertz CT molecular complexity index is 450. The molecule has 1 atom stereocenters. The van der Waals surface area contributed by atoms with Crippen molar-refractivity contribution in [3.05, 3.63) is 35.6 Å². The van der Waals surface area contributed by atoms with Crippen LogP contribution in [0.1, 0.15) is 24.3 Å². The molecule has 2 fully saturated rings. The molecule has 1 amide bonds. The third-order valence-electron chi connectivity index (χ3n) is 3.91. The van der Waals surface area contributed by atoms with Gasteiger partial charge in [-0.3, -0.25) is 4.79 Å². The monoisotopic (exact) mass is 263 g/mol. The van der Waals surface area contributed by atoms with Crippen molar-refractivity contribution < 1.29 is 13.9 Å². The molecule has 1 saturated heterocycles. The summed E-state index contributed by atoms with van der Waals surface area (Å²) in [4.78, 5) is 14.5. The van der Waals surface area contributed by atoms with Crippen LogP contribution in [-0.2, 0) is 9.53 Å². The van der Waals surface area contributed by atoms with E-state index in [1.54, 1.807) is 12.1 Å². The summed E-state index contributed by atoms with van der Waals surface area (Å²) in [5.74, 6) is 0.258. The molecule has 1 aliphatic carbocycles. The van der Waals surface area contributed by atoms with Gasteiger partial charge in [0, 0.05) is 13.1 Å². The topological polar surface area (TPSA) is 29.5 Å². The summed E-state index contributed by atoms with van der Waals surface area (Å²) in [5.41, 5.74) is 0.945. The van der Waals surface area contributed by atoms with Crippen molar-refractivity contribution in [2.45, 2.75) is 18.8 Å². The number of benzene rings is 1. The fourth-order valence-corrected chi connectivity index (χ4v) is 2.70. The molecule has 1 aliphatic heterocycles. The van der Waals surface area contributed by atoms with Crippen molar-refractivity contribution in [2.24, 2.45) is 5.92 Å². The molecule has 0 aromatic heterocycles. The highest BCUT2D eigenvalue weighted by Gasteiger charge is 2.39. The van der Waals surface area contributed by atoms with Crippen LogP contribution in [-0.4, -0.2) is 37.1 Å². The van der Waals surface area contributed by atoms with Gasteiger partial charge in [0.25, 0.3) is 0 Å². The second kappa shape index (κ2) is 5.29. The summed E-state index contributed by atoms with van der Waals surface area (Å²) in [6.45, 7) is 2.57. The predicted molar refractivity (Wildman–Crippen MR) is 69.3 cm³/mol. The van der Waals surface area contributed by atoms with Gasteiger partial charge in [0.2, 0.25) is 5.91 Å². The first kappa shape index (κ1) is 12.6. The lowest BCUT2D eigenvalue weighted by Crippen LogP contribution is -2.43. The number of nitrogens with zero attached hydrogens (tertiary/aromatic N) is 1. The van der Waals surface area contributed by atoms with Gasteiger partial charge in [-0.1, -0.05) is 12.1 Å². The second-order valence-corrected chi connectivity index (χ2v) is 5.30. The number of carbonyl (C=O) groups excluding carboxylic acids is 1. The van der Waals surface area contributed by atoms with E-state index in [4.69, 9.17) is 4.74 Å². The number of ether oxygens (including phenoxy) is 1. The Kier molecular flexibility index (Phi) is 3.51. The normalized spacial score (nSPS) is 21.2. The van der Waals surface area contributed by atoms with Crippen molar-refractivity contribution in [3.8, 4) is 0 Å². The highest BCUT2D eigenvalue weighted by Crippen LogP contribution is 2.43. The molecule has 1 saturated carbocycles. The molecular formula is C15H18FNO2. The van der Waals surface area contributed by atoms with Crippen LogP contribution >= 0.6 is 0 Å². The zero-order chi connectivity index (χ0) is 13.2. The molecule has 102 valence electrons. The molecule has 1 heterocycles. The van der Waals surface area contributed by atoms with E-state index in [1.807, 2.05) is 4.90 Å². The maximum absolute atomic E-state index is 13.0. The van der Waals surface area contributed by atoms with Crippen LogP contribution in [0.4, 0.5) is 4.39 Å². The molecule has 0 bridgehead atoms. The number of hydrogen-bond acceptors (Lipinski definition) is 2. The third-order valence-corrected chi connectivity index (χ3v) is 3.91. The van der Waals surface area contributed by atoms with Gasteiger partial charge in [-0.25, -0.2) is 4.39 Å². The number of amides is 1. The molecule has 2 aliphatic rings. The van der Waals surface area contributed by atoms with Gasteiger partial charge in [0.15, 0.2) is 0 Å². The summed E-state index contributed by atoms with van der Waals surface area (Å²) >= 11 is 0. The molecule has 4 heteroatoms. The van der Waals surface area contributed by atoms with E-state index in [-0.39, 0.29) is 17.6 Å². The van der Waals surface area contributed by atoms with Crippen molar-refractivity contribution >= 4 is 5.91 Å². The molecular weight excluding hydrogens is 245 g/mol. The molecule has 1 unspecified atom stereocenters. The molecule has 0 radical (unpaired) electrons. The molecule has 0 spiro atoms. The van der Waals surface area contributed by atoms with E-state index in [0.717, 1.165) is 18.4 Å². The van der Waals surface area contributed by atoms with E-state index < -0.39 is 0 Å². The number of carbonyl (C=O) groups is 1. The maximum atomic E-state index is 13.0. The Morgan fingerprint density at radius 3 is 2.42 bits per heavy atom. The van der Waals surface area contributed by atoms with Gasteiger partial charge in [-0.05, 0) is 36.5 Å². The van der Waals surface area contributed by atoms with Crippen LogP contribution in [0.25, 0.3) is 0 Å². The SMILES string of the molecule is O=C(C(c1ccc(F)cc1)C1CC1)N1CCOCC1. The quantitative estimate of drug-likeness (QED) is 0.836. The molecule has 1 aromatic carbocycles.